The molecule has 1 unspecified atom stereocenters. The van der Waals surface area contributed by atoms with Crippen molar-refractivity contribution in [1.82, 2.24) is 31.0 Å². The molecule has 310 valence electrons. The first-order valence-electron chi connectivity index (χ1n) is 19.3. The van der Waals surface area contributed by atoms with E-state index in [1.165, 1.54) is 7.11 Å². The number of ether oxygens (including phenoxy) is 5. The van der Waals surface area contributed by atoms with Crippen LogP contribution in [0.15, 0.2) is 78.3 Å². The zero-order valence-corrected chi connectivity index (χ0v) is 34.2. The molecular formula is C42H52N6O9S. The van der Waals surface area contributed by atoms with Crippen LogP contribution >= 0.6 is 11.3 Å². The number of pyridine rings is 1. The Balaban J connectivity index is 1.21. The number of hydrogen-bond acceptors (Lipinski definition) is 13. The Bertz CT molecular complexity index is 1960. The molecule has 15 nitrogen and oxygen atoms in total. The maximum absolute atomic E-state index is 13.9. The molecule has 0 spiro atoms. The molecule has 58 heavy (non-hydrogen) atoms. The second-order valence-corrected chi connectivity index (χ2v) is 16.5. The van der Waals surface area contributed by atoms with Gasteiger partial charge in [-0.3, -0.25) is 15.2 Å². The highest BCUT2D eigenvalue weighted by Gasteiger charge is 2.44. The highest BCUT2D eigenvalue weighted by Crippen LogP contribution is 2.33. The Hall–Kier alpha value is -5.13. The van der Waals surface area contributed by atoms with E-state index in [1.807, 2.05) is 99.8 Å². The van der Waals surface area contributed by atoms with Crippen LogP contribution in [0.3, 0.4) is 0 Å². The minimum atomic E-state index is -1.23. The van der Waals surface area contributed by atoms with Crippen LogP contribution in [0, 0.1) is 18.3 Å². The van der Waals surface area contributed by atoms with E-state index in [-0.39, 0.29) is 32.0 Å². The first kappa shape index (κ1) is 42.5. The lowest BCUT2D eigenvalue weighted by Crippen LogP contribution is -2.59. The molecule has 0 saturated carbocycles. The summed E-state index contributed by atoms with van der Waals surface area (Å²) in [6, 6.07) is 18.9. The Morgan fingerprint density at radius 3 is 2.43 bits per heavy atom. The van der Waals surface area contributed by atoms with Gasteiger partial charge in [0.2, 0.25) is 0 Å². The van der Waals surface area contributed by atoms with Gasteiger partial charge in [-0.15, -0.1) is 11.3 Å². The summed E-state index contributed by atoms with van der Waals surface area (Å²) in [5, 5.41) is 22.0. The summed E-state index contributed by atoms with van der Waals surface area (Å²) in [6.45, 7) is 8.52. The lowest BCUT2D eigenvalue weighted by Gasteiger charge is -2.34. The number of thiazole rings is 1. The van der Waals surface area contributed by atoms with Gasteiger partial charge in [0.15, 0.2) is 6.29 Å². The summed E-state index contributed by atoms with van der Waals surface area (Å²) >= 11 is 1.56. The van der Waals surface area contributed by atoms with Crippen LogP contribution in [0.1, 0.15) is 49.0 Å². The Morgan fingerprint density at radius 1 is 1.00 bits per heavy atom. The van der Waals surface area contributed by atoms with Crippen LogP contribution in [0.4, 0.5) is 9.59 Å². The van der Waals surface area contributed by atoms with Gasteiger partial charge in [-0.05, 0) is 60.6 Å². The number of aliphatic hydroxyl groups excluding tert-OH is 1. The van der Waals surface area contributed by atoms with Crippen molar-refractivity contribution in [2.75, 3.05) is 26.9 Å². The van der Waals surface area contributed by atoms with E-state index in [4.69, 9.17) is 23.7 Å². The number of hydrogen-bond donors (Lipinski definition) is 4. The largest absolute Gasteiger partial charge is 0.487 e. The molecule has 4 heterocycles. The first-order chi connectivity index (χ1) is 27.8. The lowest BCUT2D eigenvalue weighted by molar-refractivity contribution is -0.131. The summed E-state index contributed by atoms with van der Waals surface area (Å²) in [4.78, 5) is 48.6. The Labute approximate surface area is 342 Å². The number of aliphatic hydroxyl groups is 1. The quantitative estimate of drug-likeness (QED) is 0.109. The number of fused-ring (bicyclic) bond motifs is 1. The summed E-state index contributed by atoms with van der Waals surface area (Å²) < 4.78 is 27.9. The summed E-state index contributed by atoms with van der Waals surface area (Å²) in [6.07, 6.45) is -0.939. The number of hydrazine groups is 1. The zero-order chi connectivity index (χ0) is 41.2. The van der Waals surface area contributed by atoms with Crippen LogP contribution in [0.2, 0.25) is 0 Å². The van der Waals surface area contributed by atoms with Gasteiger partial charge in [-0.2, -0.15) is 0 Å². The van der Waals surface area contributed by atoms with Crippen molar-refractivity contribution < 1.29 is 43.2 Å². The predicted octanol–water partition coefficient (Wildman–Crippen LogP) is 5.16. The summed E-state index contributed by atoms with van der Waals surface area (Å²) in [5.74, 6) is 0.0569. The molecule has 6 rings (SSSR count). The molecular weight excluding hydrogens is 765 g/mol. The van der Waals surface area contributed by atoms with Gasteiger partial charge in [-0.1, -0.05) is 63.2 Å². The molecule has 0 bridgehead atoms. The first-order valence-corrected chi connectivity index (χ1v) is 20.1. The number of rotatable bonds is 16. The van der Waals surface area contributed by atoms with Gasteiger partial charge in [-0.25, -0.2) is 19.6 Å². The van der Waals surface area contributed by atoms with Gasteiger partial charge in [0, 0.05) is 30.2 Å². The Morgan fingerprint density at radius 2 is 1.76 bits per heavy atom. The van der Waals surface area contributed by atoms with Crippen LogP contribution in [-0.2, 0) is 43.3 Å². The molecule has 0 radical (unpaired) electrons. The van der Waals surface area contributed by atoms with Crippen molar-refractivity contribution in [1.29, 1.82) is 0 Å². The summed E-state index contributed by atoms with van der Waals surface area (Å²) in [7, 11) is 1.23. The fourth-order valence-electron chi connectivity index (χ4n) is 6.87. The molecule has 16 heteroatoms. The smallest absolute Gasteiger partial charge is 0.407 e. The van der Waals surface area contributed by atoms with Gasteiger partial charge in [0.1, 0.15) is 24.5 Å². The topological polar surface area (TPSA) is 183 Å². The van der Waals surface area contributed by atoms with Crippen molar-refractivity contribution in [2.24, 2.45) is 11.3 Å². The number of methoxy groups -OCH3 is 1. The van der Waals surface area contributed by atoms with Crippen molar-refractivity contribution >= 4 is 29.4 Å². The minimum Gasteiger partial charge on any atom is -0.487 e. The van der Waals surface area contributed by atoms with E-state index in [1.54, 1.807) is 22.5 Å². The number of carbonyl (C=O) groups excluding carboxylic acids is 3. The van der Waals surface area contributed by atoms with Crippen molar-refractivity contribution in [3.63, 3.8) is 0 Å². The maximum atomic E-state index is 13.9. The minimum absolute atomic E-state index is 0.0704. The molecule has 0 aliphatic carbocycles. The molecule has 2 aromatic heterocycles. The number of alkyl carbamates (subject to hydrolysis) is 2. The van der Waals surface area contributed by atoms with E-state index in [9.17, 15) is 19.5 Å². The van der Waals surface area contributed by atoms with E-state index < -0.39 is 54.1 Å². The lowest BCUT2D eigenvalue weighted by atomic mass is 9.86. The van der Waals surface area contributed by atoms with Crippen LogP contribution in [-0.4, -0.2) is 95.6 Å². The fourth-order valence-corrected chi connectivity index (χ4v) is 7.47. The second kappa shape index (κ2) is 19.5. The molecule has 2 fully saturated rings. The summed E-state index contributed by atoms with van der Waals surface area (Å²) in [5.41, 5.74) is 6.42. The normalized spacial score (nSPS) is 19.1. The number of nitrogens with one attached hydrogen (secondary N) is 3. The van der Waals surface area contributed by atoms with Crippen molar-refractivity contribution in [2.45, 2.75) is 84.3 Å². The molecule has 6 atom stereocenters. The highest BCUT2D eigenvalue weighted by atomic mass is 32.1. The number of aromatic nitrogens is 2. The van der Waals surface area contributed by atoms with Gasteiger partial charge >= 0.3 is 12.2 Å². The molecule has 4 N–H and O–H groups in total. The molecule has 2 aliphatic rings. The molecule has 3 amide bonds. The van der Waals surface area contributed by atoms with Crippen molar-refractivity contribution in [3.8, 4) is 17.0 Å². The van der Waals surface area contributed by atoms with E-state index in [2.05, 4.69) is 26.0 Å². The number of benzene rings is 2. The van der Waals surface area contributed by atoms with E-state index >= 15 is 0 Å². The molecule has 4 aromatic rings. The van der Waals surface area contributed by atoms with Gasteiger partial charge in [0.05, 0.1) is 54.8 Å². The highest BCUT2D eigenvalue weighted by molar-refractivity contribution is 7.09. The standard InChI is InChI=1S/C42H52N6O9S/c1-26-44-30(25-58-26)23-55-31-15-11-27(12-16-31)20-34(45-41(52)57-36-24-56-39-32(36)17-19-54-39)35(49)22-48(47-38(50)37(42(2,3)4)46-40(51)53-5)21-28-9-13-29(14-10-28)33-8-6-7-18-43-33/h6-16,18,25,32,34-37,39,49H,17,19-24H2,1-5H3,(H,45,52)(H,46,51)(H,47,50)/t32-,34-,35-,36-,37?,39+/m0/s1. The average Bonchev–Trinajstić information content (AvgIpc) is 3.95. The average molecular weight is 817 g/mol. The van der Waals surface area contributed by atoms with Crippen LogP contribution in [0.25, 0.3) is 11.3 Å². The SMILES string of the molecule is COC(=O)NC(C(=O)NN(Cc1ccc(-c2ccccn2)cc1)C[C@H](O)[C@H](Cc1ccc(OCc2csc(C)n2)cc1)NC(=O)O[C@H]1CO[C@H]2OCC[C@H]21)C(C)(C)C. The number of amides is 3. The molecule has 2 saturated heterocycles. The third kappa shape index (κ3) is 11.7. The van der Waals surface area contributed by atoms with E-state index in [0.29, 0.717) is 25.4 Å². The monoisotopic (exact) mass is 816 g/mol. The second-order valence-electron chi connectivity index (χ2n) is 15.5. The molecule has 2 aromatic carbocycles. The van der Waals surface area contributed by atoms with Gasteiger partial charge < -0.3 is 39.4 Å². The number of carbonyl (C=O) groups is 3. The molecule has 2 aliphatic heterocycles. The van der Waals surface area contributed by atoms with E-state index in [0.717, 1.165) is 33.1 Å². The van der Waals surface area contributed by atoms with Crippen LogP contribution < -0.4 is 20.8 Å². The van der Waals surface area contributed by atoms with Gasteiger partial charge in [0.25, 0.3) is 5.91 Å². The third-order valence-electron chi connectivity index (χ3n) is 9.98. The predicted molar refractivity (Wildman–Crippen MR) is 215 cm³/mol. The maximum Gasteiger partial charge on any atom is 0.407 e. The fraction of sp³-hybridized carbons (Fsp3) is 0.452. The number of aryl methyl sites for hydroxylation is 1. The van der Waals surface area contributed by atoms with Crippen molar-refractivity contribution in [3.05, 3.63) is 100 Å². The Kier molecular flexibility index (Phi) is 14.3. The van der Waals surface area contributed by atoms with Crippen LogP contribution in [0.5, 0.6) is 5.75 Å². The number of nitrogens with zero attached hydrogens (tertiary/aromatic N) is 3. The zero-order valence-electron chi connectivity index (χ0n) is 33.4. The third-order valence-corrected chi connectivity index (χ3v) is 10.8.